The van der Waals surface area contributed by atoms with Crippen molar-refractivity contribution in [2.45, 2.75) is 43.0 Å². The Morgan fingerprint density at radius 2 is 1.77 bits per heavy atom. The van der Waals surface area contributed by atoms with Crippen LogP contribution in [-0.2, 0) is 14.3 Å². The maximum absolute atomic E-state index is 11.1. The van der Waals surface area contributed by atoms with E-state index in [9.17, 15) is 9.59 Å². The molecule has 0 bridgehead atoms. The first-order valence-corrected chi connectivity index (χ1v) is 10.1. The number of urea groups is 1. The second kappa shape index (κ2) is 14.0. The number of ether oxygens (including phenoxy) is 2. The zero-order valence-electron chi connectivity index (χ0n) is 15.2. The van der Waals surface area contributed by atoms with Crippen LogP contribution in [0.2, 0.25) is 0 Å². The molecule has 2 rings (SSSR count). The number of carbonyl (C=O) groups is 2. The fourth-order valence-electron chi connectivity index (χ4n) is 2.75. The summed E-state index contributed by atoms with van der Waals surface area (Å²) in [4.78, 5) is 21.5. The van der Waals surface area contributed by atoms with Crippen molar-refractivity contribution in [3.8, 4) is 0 Å². The summed E-state index contributed by atoms with van der Waals surface area (Å²) in [5, 5.41) is 14.8. The summed E-state index contributed by atoms with van der Waals surface area (Å²) < 4.78 is 10.1. The molecule has 0 radical (unpaired) electrons. The van der Waals surface area contributed by atoms with E-state index in [1.165, 1.54) is 0 Å². The smallest absolute Gasteiger partial charge is 0.315 e. The number of carbonyl (C=O) groups excluding carboxylic acids is 1. The van der Waals surface area contributed by atoms with E-state index in [1.54, 1.807) is 0 Å². The number of hydrogen-bond donors (Lipinski definition) is 5. The second-order valence-electron chi connectivity index (χ2n) is 6.06. The van der Waals surface area contributed by atoms with Gasteiger partial charge in [0.25, 0.3) is 0 Å². The molecular weight excluding hydrogens is 360 g/mol. The first-order valence-electron chi connectivity index (χ1n) is 9.04. The van der Waals surface area contributed by atoms with Gasteiger partial charge >= 0.3 is 12.0 Å². The number of aliphatic carboxylic acids is 1. The zero-order valence-corrected chi connectivity index (χ0v) is 16.0. The van der Waals surface area contributed by atoms with Crippen LogP contribution in [0.5, 0.6) is 0 Å². The highest BCUT2D eigenvalue weighted by molar-refractivity contribution is 8.00. The van der Waals surface area contributed by atoms with Crippen LogP contribution in [0.3, 0.4) is 0 Å². The van der Waals surface area contributed by atoms with Crippen molar-refractivity contribution >= 4 is 23.8 Å². The number of unbranched alkanes of at least 4 members (excludes halogenated alkanes) is 1. The summed E-state index contributed by atoms with van der Waals surface area (Å²) in [5.41, 5.74) is 10.4. The monoisotopic (exact) mass is 392 g/mol. The Labute approximate surface area is 158 Å². The Bertz CT molecular complexity index is 408. The highest BCUT2D eigenvalue weighted by Gasteiger charge is 2.42. The van der Waals surface area contributed by atoms with Gasteiger partial charge in [-0.3, -0.25) is 4.79 Å². The third-order valence-electron chi connectivity index (χ3n) is 3.96. The molecule has 0 aromatic carbocycles. The van der Waals surface area contributed by atoms with Crippen LogP contribution in [0.25, 0.3) is 0 Å². The SMILES string of the molecule is NCCOCCOCCN.O=C(O)CCCC[C@@H]1SC[C@@H]2NC(=O)N[C@@H]21. The molecule has 26 heavy (non-hydrogen) atoms. The standard InChI is InChI=1S/C10H16N2O3S.C6H16N2O2/c13-8(14)4-2-1-3-7-9-6(5-16-7)11-10(15)12-9;7-1-3-9-5-6-10-4-2-8/h6-7,9H,1-5H2,(H,13,14)(H2,11,12,15);1-8H2/t6-,7-,9-;/m0./s1. The van der Waals surface area contributed by atoms with E-state index in [0.717, 1.165) is 25.0 Å². The van der Waals surface area contributed by atoms with Crippen LogP contribution in [0, 0.1) is 0 Å². The lowest BCUT2D eigenvalue weighted by Crippen LogP contribution is -2.36. The molecule has 0 spiro atoms. The predicted molar refractivity (Wildman–Crippen MR) is 101 cm³/mol. The van der Waals surface area contributed by atoms with E-state index in [0.29, 0.717) is 44.8 Å². The highest BCUT2D eigenvalue weighted by atomic mass is 32.2. The maximum Gasteiger partial charge on any atom is 0.315 e. The van der Waals surface area contributed by atoms with Crippen molar-refractivity contribution < 1.29 is 24.2 Å². The van der Waals surface area contributed by atoms with E-state index in [-0.39, 0.29) is 24.5 Å². The third-order valence-corrected chi connectivity index (χ3v) is 5.47. The van der Waals surface area contributed by atoms with Crippen LogP contribution < -0.4 is 22.1 Å². The number of thioether (sulfide) groups is 1. The molecule has 3 atom stereocenters. The third kappa shape index (κ3) is 9.58. The number of hydrogen-bond acceptors (Lipinski definition) is 7. The van der Waals surface area contributed by atoms with Crippen molar-refractivity contribution in [2.75, 3.05) is 45.3 Å². The molecule has 2 amide bonds. The van der Waals surface area contributed by atoms with Gasteiger partial charge in [0.05, 0.1) is 38.5 Å². The number of fused-ring (bicyclic) bond motifs is 1. The minimum absolute atomic E-state index is 0.0640. The summed E-state index contributed by atoms with van der Waals surface area (Å²) >= 11 is 1.87. The first-order chi connectivity index (χ1) is 12.6. The molecule has 0 aromatic heterocycles. The van der Waals surface area contributed by atoms with Gasteiger partial charge in [-0.25, -0.2) is 4.79 Å². The molecule has 152 valence electrons. The average Bonchev–Trinajstić information content (AvgIpc) is 3.15. The van der Waals surface area contributed by atoms with Gasteiger partial charge in [0.2, 0.25) is 0 Å². The zero-order chi connectivity index (χ0) is 19.2. The Balaban J connectivity index is 0.000000294. The summed E-state index contributed by atoms with van der Waals surface area (Å²) in [7, 11) is 0. The van der Waals surface area contributed by atoms with E-state index in [4.69, 9.17) is 26.0 Å². The van der Waals surface area contributed by atoms with Gasteiger partial charge in [-0.1, -0.05) is 6.42 Å². The largest absolute Gasteiger partial charge is 0.481 e. The molecule has 7 N–H and O–H groups in total. The number of carboxylic acid groups (broad SMARTS) is 1. The lowest BCUT2D eigenvalue weighted by molar-refractivity contribution is -0.137. The fraction of sp³-hybridized carbons (Fsp3) is 0.875. The predicted octanol–water partition coefficient (Wildman–Crippen LogP) is -0.266. The summed E-state index contributed by atoms with van der Waals surface area (Å²) in [6, 6.07) is 0.440. The Hall–Kier alpha value is -1.07. The Morgan fingerprint density at radius 1 is 1.12 bits per heavy atom. The van der Waals surface area contributed by atoms with Crippen molar-refractivity contribution in [3.63, 3.8) is 0 Å². The molecule has 9 nitrogen and oxygen atoms in total. The van der Waals surface area contributed by atoms with Crippen LogP contribution in [-0.4, -0.2) is 79.7 Å². The van der Waals surface area contributed by atoms with E-state index in [1.807, 2.05) is 11.8 Å². The molecule has 10 heteroatoms. The molecule has 0 aliphatic carbocycles. The average molecular weight is 393 g/mol. The lowest BCUT2D eigenvalue weighted by Gasteiger charge is -2.16. The van der Waals surface area contributed by atoms with Crippen LogP contribution >= 0.6 is 11.8 Å². The molecular formula is C16H32N4O5S. The van der Waals surface area contributed by atoms with Gasteiger partial charge in [0, 0.05) is 30.5 Å². The minimum Gasteiger partial charge on any atom is -0.481 e. The minimum atomic E-state index is -0.729. The summed E-state index contributed by atoms with van der Waals surface area (Å²) in [6.45, 7) is 3.56. The molecule has 2 saturated heterocycles. The van der Waals surface area contributed by atoms with Gasteiger partial charge in [-0.05, 0) is 12.8 Å². The number of nitrogens with one attached hydrogen (secondary N) is 2. The van der Waals surface area contributed by atoms with Crippen molar-refractivity contribution in [2.24, 2.45) is 11.5 Å². The molecule has 2 heterocycles. The molecule has 2 aliphatic heterocycles. The second-order valence-corrected chi connectivity index (χ2v) is 7.34. The molecule has 2 fully saturated rings. The van der Waals surface area contributed by atoms with Gasteiger partial charge in [-0.15, -0.1) is 0 Å². The molecule has 0 aromatic rings. The van der Waals surface area contributed by atoms with Crippen molar-refractivity contribution in [1.82, 2.24) is 10.6 Å². The van der Waals surface area contributed by atoms with Gasteiger partial charge < -0.3 is 36.7 Å². The van der Waals surface area contributed by atoms with Crippen molar-refractivity contribution in [1.29, 1.82) is 0 Å². The Morgan fingerprint density at radius 3 is 2.35 bits per heavy atom. The topological polar surface area (TPSA) is 149 Å². The van der Waals surface area contributed by atoms with Gasteiger partial charge in [-0.2, -0.15) is 11.8 Å². The highest BCUT2D eigenvalue weighted by Crippen LogP contribution is 2.33. The first kappa shape index (κ1) is 23.0. The van der Waals surface area contributed by atoms with Gasteiger partial charge in [0.15, 0.2) is 0 Å². The fourth-order valence-corrected chi connectivity index (χ4v) is 4.30. The molecule has 2 aliphatic rings. The van der Waals surface area contributed by atoms with E-state index < -0.39 is 5.97 Å². The number of rotatable bonds is 12. The maximum atomic E-state index is 11.1. The number of amides is 2. The molecule has 0 saturated carbocycles. The lowest BCUT2D eigenvalue weighted by atomic mass is 10.0. The van der Waals surface area contributed by atoms with E-state index >= 15 is 0 Å². The van der Waals surface area contributed by atoms with Crippen molar-refractivity contribution in [3.05, 3.63) is 0 Å². The molecule has 0 unspecified atom stereocenters. The number of nitrogens with two attached hydrogens (primary N) is 2. The van der Waals surface area contributed by atoms with Crippen LogP contribution in [0.4, 0.5) is 4.79 Å². The summed E-state index contributed by atoms with van der Waals surface area (Å²) in [6.07, 6.45) is 2.88. The van der Waals surface area contributed by atoms with Gasteiger partial charge in [0.1, 0.15) is 0 Å². The normalized spacial score (nSPS) is 23.6. The Kier molecular flexibility index (Phi) is 12.4. The summed E-state index contributed by atoms with van der Waals surface area (Å²) in [5.74, 6) is 0.236. The van der Waals surface area contributed by atoms with Crippen LogP contribution in [0.1, 0.15) is 25.7 Å². The van der Waals surface area contributed by atoms with E-state index in [2.05, 4.69) is 10.6 Å². The number of carboxylic acids is 1. The van der Waals surface area contributed by atoms with Crippen LogP contribution in [0.15, 0.2) is 0 Å². The quantitative estimate of drug-likeness (QED) is 0.225.